The number of hydrogen-bond acceptors (Lipinski definition) is 2. The van der Waals surface area contributed by atoms with Crippen LogP contribution in [0.5, 0.6) is 0 Å². The second-order valence-electron chi connectivity index (χ2n) is 2.29. The Morgan fingerprint density at radius 3 is 2.55 bits per heavy atom. The minimum Gasteiger partial charge on any atom is -0.346 e. The van der Waals surface area contributed by atoms with Gasteiger partial charge < -0.3 is 10.6 Å². The second kappa shape index (κ2) is 2.69. The molecule has 1 fully saturated rings. The molecule has 64 valence electrons. The zero-order valence-electron chi connectivity index (χ0n) is 5.53. The van der Waals surface area contributed by atoms with Crippen molar-refractivity contribution in [1.82, 2.24) is 10.6 Å². The number of nitrogens with one attached hydrogen (secondary N) is 2. The van der Waals surface area contributed by atoms with E-state index in [0.29, 0.717) is 6.54 Å². The van der Waals surface area contributed by atoms with Crippen LogP contribution in [0.1, 0.15) is 0 Å². The number of amides is 1. The third-order valence-corrected chi connectivity index (χ3v) is 1.19. The van der Waals surface area contributed by atoms with E-state index in [-0.39, 0.29) is 0 Å². The third kappa shape index (κ3) is 3.22. The van der Waals surface area contributed by atoms with Crippen LogP contribution in [0.4, 0.5) is 13.2 Å². The van der Waals surface area contributed by atoms with Crippen LogP contribution in [0.2, 0.25) is 0 Å². The average molecular weight is 168 g/mol. The first-order valence-corrected chi connectivity index (χ1v) is 3.07. The van der Waals surface area contributed by atoms with Gasteiger partial charge in [0.05, 0.1) is 6.04 Å². The normalized spacial score (nSPS) is 23.0. The molecule has 1 rings (SSSR count). The maximum absolute atomic E-state index is 11.5. The molecule has 0 saturated carbocycles. The van der Waals surface area contributed by atoms with E-state index >= 15 is 0 Å². The highest BCUT2D eigenvalue weighted by Crippen LogP contribution is 2.12. The summed E-state index contributed by atoms with van der Waals surface area (Å²) in [7, 11) is 0. The summed E-state index contributed by atoms with van der Waals surface area (Å²) in [5, 5.41) is 4.35. The van der Waals surface area contributed by atoms with Crippen molar-refractivity contribution in [1.29, 1.82) is 0 Å². The number of carbonyl (C=O) groups is 1. The van der Waals surface area contributed by atoms with Gasteiger partial charge in [-0.1, -0.05) is 0 Å². The number of rotatable bonds is 2. The van der Waals surface area contributed by atoms with E-state index in [4.69, 9.17) is 0 Å². The van der Waals surface area contributed by atoms with Gasteiger partial charge in [0.15, 0.2) is 0 Å². The molecule has 1 amide bonds. The van der Waals surface area contributed by atoms with Crippen LogP contribution in [-0.4, -0.2) is 31.2 Å². The third-order valence-electron chi connectivity index (χ3n) is 1.19. The van der Waals surface area contributed by atoms with Gasteiger partial charge in [-0.05, 0) is 0 Å². The first-order valence-electron chi connectivity index (χ1n) is 3.07. The maximum atomic E-state index is 11.5. The molecule has 3 nitrogen and oxygen atoms in total. The highest BCUT2D eigenvalue weighted by molar-refractivity contribution is 5.84. The second-order valence-corrected chi connectivity index (χ2v) is 2.29. The molecule has 1 aliphatic rings. The quantitative estimate of drug-likeness (QED) is 0.553. The lowest BCUT2D eigenvalue weighted by Crippen LogP contribution is -2.37. The highest BCUT2D eigenvalue weighted by atomic mass is 19.4. The molecule has 0 aromatic heterocycles. The molecule has 11 heavy (non-hydrogen) atoms. The lowest BCUT2D eigenvalue weighted by Gasteiger charge is -2.06. The average Bonchev–Trinajstić information content (AvgIpc) is 2.61. The van der Waals surface area contributed by atoms with E-state index in [9.17, 15) is 18.0 Å². The molecule has 1 unspecified atom stereocenters. The largest absolute Gasteiger partial charge is 0.405 e. The van der Waals surface area contributed by atoms with Crippen LogP contribution in [0, 0.1) is 0 Å². The Bertz CT molecular complexity index is 164. The van der Waals surface area contributed by atoms with Crippen LogP contribution < -0.4 is 10.6 Å². The molecular formula is C5H7F3N2O. The Morgan fingerprint density at radius 2 is 2.18 bits per heavy atom. The van der Waals surface area contributed by atoms with E-state index in [2.05, 4.69) is 5.32 Å². The van der Waals surface area contributed by atoms with Gasteiger partial charge in [-0.25, -0.2) is 0 Å². The van der Waals surface area contributed by atoms with Crippen molar-refractivity contribution >= 4 is 5.91 Å². The van der Waals surface area contributed by atoms with Crippen molar-refractivity contribution in [3.8, 4) is 0 Å². The zero-order chi connectivity index (χ0) is 8.48. The molecule has 0 spiro atoms. The van der Waals surface area contributed by atoms with Gasteiger partial charge in [-0.2, -0.15) is 13.2 Å². The van der Waals surface area contributed by atoms with E-state index in [1.165, 1.54) is 0 Å². The summed E-state index contributed by atoms with van der Waals surface area (Å²) in [5.74, 6) is -0.581. The molecule has 0 bridgehead atoms. The highest BCUT2D eigenvalue weighted by Gasteiger charge is 2.33. The van der Waals surface area contributed by atoms with Gasteiger partial charge in [-0.3, -0.25) is 4.79 Å². The van der Waals surface area contributed by atoms with Crippen molar-refractivity contribution in [3.63, 3.8) is 0 Å². The van der Waals surface area contributed by atoms with Crippen molar-refractivity contribution in [2.45, 2.75) is 12.2 Å². The Morgan fingerprint density at radius 1 is 1.64 bits per heavy atom. The molecule has 0 aromatic rings. The minimum absolute atomic E-state index is 0.405. The number of halogens is 3. The first kappa shape index (κ1) is 8.32. The Balaban J connectivity index is 2.16. The summed E-state index contributed by atoms with van der Waals surface area (Å²) in [6, 6.07) is -0.405. The van der Waals surface area contributed by atoms with Gasteiger partial charge in [0.1, 0.15) is 6.54 Å². The fourth-order valence-electron chi connectivity index (χ4n) is 0.555. The molecule has 0 aliphatic carbocycles. The Labute approximate surface area is 61.0 Å². The van der Waals surface area contributed by atoms with E-state index in [1.54, 1.807) is 5.32 Å². The fraction of sp³-hybridized carbons (Fsp3) is 0.800. The predicted octanol–water partition coefficient (Wildman–Crippen LogP) is -0.363. The predicted molar refractivity (Wildman–Crippen MR) is 30.9 cm³/mol. The van der Waals surface area contributed by atoms with Crippen LogP contribution >= 0.6 is 0 Å². The summed E-state index contributed by atoms with van der Waals surface area (Å²) in [4.78, 5) is 10.6. The van der Waals surface area contributed by atoms with Crippen molar-refractivity contribution in [2.75, 3.05) is 13.1 Å². The molecule has 1 aliphatic heterocycles. The fourth-order valence-corrected chi connectivity index (χ4v) is 0.555. The Kier molecular flexibility index (Phi) is 2.03. The van der Waals surface area contributed by atoms with E-state index in [0.717, 1.165) is 0 Å². The van der Waals surface area contributed by atoms with Gasteiger partial charge >= 0.3 is 6.18 Å². The molecule has 1 saturated heterocycles. The summed E-state index contributed by atoms with van der Waals surface area (Å²) in [5.41, 5.74) is 0. The Hall–Kier alpha value is -0.780. The summed E-state index contributed by atoms with van der Waals surface area (Å²) < 4.78 is 34.4. The zero-order valence-corrected chi connectivity index (χ0v) is 5.53. The molecule has 1 heterocycles. The lowest BCUT2D eigenvalue weighted by atomic mass is 10.4. The molecule has 0 aromatic carbocycles. The monoisotopic (exact) mass is 168 g/mol. The molecular weight excluding hydrogens is 161 g/mol. The molecule has 2 N–H and O–H groups in total. The number of alkyl halides is 3. The molecule has 6 heteroatoms. The molecule has 0 radical (unpaired) electrons. The SMILES string of the molecule is O=C(NCC(F)(F)F)C1CN1. The van der Waals surface area contributed by atoms with Gasteiger partial charge in [0, 0.05) is 6.54 Å². The number of carbonyl (C=O) groups excluding carboxylic acids is 1. The smallest absolute Gasteiger partial charge is 0.346 e. The maximum Gasteiger partial charge on any atom is 0.405 e. The standard InChI is InChI=1S/C5H7F3N2O/c6-5(7,8)2-10-4(11)3-1-9-3/h3,9H,1-2H2,(H,10,11). The van der Waals surface area contributed by atoms with Crippen LogP contribution in [0.15, 0.2) is 0 Å². The summed E-state index contributed by atoms with van der Waals surface area (Å²) in [6.07, 6.45) is -4.31. The summed E-state index contributed by atoms with van der Waals surface area (Å²) >= 11 is 0. The van der Waals surface area contributed by atoms with Crippen LogP contribution in [0.3, 0.4) is 0 Å². The van der Waals surface area contributed by atoms with Crippen LogP contribution in [-0.2, 0) is 4.79 Å². The topological polar surface area (TPSA) is 51.0 Å². The van der Waals surface area contributed by atoms with Gasteiger partial charge in [0.2, 0.25) is 5.91 Å². The molecule has 1 atom stereocenters. The van der Waals surface area contributed by atoms with Gasteiger partial charge in [0.25, 0.3) is 0 Å². The lowest BCUT2D eigenvalue weighted by molar-refractivity contribution is -0.138. The van der Waals surface area contributed by atoms with E-state index < -0.39 is 24.7 Å². The van der Waals surface area contributed by atoms with Crippen molar-refractivity contribution in [2.24, 2.45) is 0 Å². The number of hydrogen-bond donors (Lipinski definition) is 2. The first-order chi connectivity index (χ1) is 4.99. The van der Waals surface area contributed by atoms with Gasteiger partial charge in [-0.15, -0.1) is 0 Å². The van der Waals surface area contributed by atoms with Crippen molar-refractivity contribution < 1.29 is 18.0 Å². The van der Waals surface area contributed by atoms with Crippen molar-refractivity contribution in [3.05, 3.63) is 0 Å². The van der Waals surface area contributed by atoms with E-state index in [1.807, 2.05) is 0 Å². The summed E-state index contributed by atoms with van der Waals surface area (Å²) in [6.45, 7) is -0.770. The van der Waals surface area contributed by atoms with Crippen LogP contribution in [0.25, 0.3) is 0 Å². The minimum atomic E-state index is -4.31.